The van der Waals surface area contributed by atoms with Gasteiger partial charge in [-0.1, -0.05) is 19.8 Å². The number of phenolic OH excluding ortho intramolecular Hbond substituents is 1. The molecule has 0 atom stereocenters. The number of benzene rings is 1. The first-order valence-electron chi connectivity index (χ1n) is 7.62. The number of nitrogens with one attached hydrogen (secondary N) is 1. The van der Waals surface area contributed by atoms with Gasteiger partial charge in [0, 0.05) is 5.56 Å². The predicted molar refractivity (Wildman–Crippen MR) is 82.6 cm³/mol. The molecule has 21 heavy (non-hydrogen) atoms. The largest absolute Gasteiger partial charge is 0.507 e. The van der Waals surface area contributed by atoms with E-state index in [1.165, 1.54) is 12.8 Å². The maximum Gasteiger partial charge on any atom is 0.134 e. The normalized spacial score (nSPS) is 15.2. The summed E-state index contributed by atoms with van der Waals surface area (Å²) in [4.78, 5) is 0. The van der Waals surface area contributed by atoms with Crippen molar-refractivity contribution in [3.63, 3.8) is 0 Å². The topological polar surface area (TPSA) is 58.1 Å². The molecule has 4 nitrogen and oxygen atoms in total. The van der Waals surface area contributed by atoms with E-state index in [4.69, 9.17) is 4.74 Å². The van der Waals surface area contributed by atoms with Gasteiger partial charge < -0.3 is 9.84 Å². The average molecular weight is 286 g/mol. The first-order chi connectivity index (χ1) is 10.0. The van der Waals surface area contributed by atoms with Crippen LogP contribution >= 0.6 is 0 Å². The van der Waals surface area contributed by atoms with Gasteiger partial charge in [0.25, 0.3) is 0 Å². The van der Waals surface area contributed by atoms with Crippen LogP contribution in [0.1, 0.15) is 51.2 Å². The standard InChI is InChI=1S/C17H22N2O2/c1-4-5-6-7-11-8-13(20)15-14(9-11)21-17(2,3)12-10-18-19-16(12)15/h8-10,20H,4-7H2,1-3H3,(H,18,19). The van der Waals surface area contributed by atoms with E-state index in [0.717, 1.165) is 41.0 Å². The van der Waals surface area contributed by atoms with Crippen molar-refractivity contribution in [1.82, 2.24) is 10.2 Å². The number of hydrogen-bond acceptors (Lipinski definition) is 3. The van der Waals surface area contributed by atoms with Gasteiger partial charge in [0.15, 0.2) is 0 Å². The first-order valence-corrected chi connectivity index (χ1v) is 7.62. The van der Waals surface area contributed by atoms with Crippen molar-refractivity contribution in [2.45, 2.75) is 52.1 Å². The smallest absolute Gasteiger partial charge is 0.134 e. The lowest BCUT2D eigenvalue weighted by Gasteiger charge is -2.32. The number of fused-ring (bicyclic) bond motifs is 3. The highest BCUT2D eigenvalue weighted by atomic mass is 16.5. The summed E-state index contributed by atoms with van der Waals surface area (Å²) in [5.74, 6) is 1.00. The van der Waals surface area contributed by atoms with Crippen LogP contribution in [0.4, 0.5) is 0 Å². The van der Waals surface area contributed by atoms with Crippen molar-refractivity contribution in [3.05, 3.63) is 29.5 Å². The number of unbranched alkanes of at least 4 members (excludes halogenated alkanes) is 2. The van der Waals surface area contributed by atoms with E-state index in [-0.39, 0.29) is 5.75 Å². The van der Waals surface area contributed by atoms with Crippen LogP contribution in [0, 0.1) is 0 Å². The minimum atomic E-state index is -0.441. The van der Waals surface area contributed by atoms with E-state index >= 15 is 0 Å². The molecule has 1 aromatic carbocycles. The molecule has 0 fully saturated rings. The highest BCUT2D eigenvalue weighted by Crippen LogP contribution is 2.48. The number of rotatable bonds is 4. The number of aryl methyl sites for hydroxylation is 1. The fourth-order valence-corrected chi connectivity index (χ4v) is 2.97. The molecule has 0 aliphatic carbocycles. The van der Waals surface area contributed by atoms with Crippen LogP contribution in [0.15, 0.2) is 18.3 Å². The van der Waals surface area contributed by atoms with Gasteiger partial charge in [-0.2, -0.15) is 5.10 Å². The van der Waals surface area contributed by atoms with Gasteiger partial charge in [-0.25, -0.2) is 0 Å². The Hall–Kier alpha value is -1.97. The third-order valence-electron chi connectivity index (χ3n) is 4.11. The molecule has 2 N–H and O–H groups in total. The quantitative estimate of drug-likeness (QED) is 0.830. The number of aromatic hydroxyl groups is 1. The van der Waals surface area contributed by atoms with E-state index in [9.17, 15) is 5.11 Å². The predicted octanol–water partition coefficient (Wildman–Crippen LogP) is 4.14. The number of aromatic nitrogens is 2. The second-order valence-electron chi connectivity index (χ2n) is 6.22. The minimum Gasteiger partial charge on any atom is -0.507 e. The number of hydrogen-bond donors (Lipinski definition) is 2. The van der Waals surface area contributed by atoms with Crippen molar-refractivity contribution in [2.75, 3.05) is 0 Å². The van der Waals surface area contributed by atoms with Gasteiger partial charge in [0.05, 0.1) is 17.5 Å². The average Bonchev–Trinajstić information content (AvgIpc) is 2.88. The molecular formula is C17H22N2O2. The van der Waals surface area contributed by atoms with Crippen LogP contribution < -0.4 is 4.74 Å². The molecule has 0 spiro atoms. The van der Waals surface area contributed by atoms with Gasteiger partial charge in [0.1, 0.15) is 17.1 Å². The monoisotopic (exact) mass is 286 g/mol. The fourth-order valence-electron chi connectivity index (χ4n) is 2.97. The minimum absolute atomic E-state index is 0.264. The Morgan fingerprint density at radius 2 is 2.10 bits per heavy atom. The van der Waals surface area contributed by atoms with E-state index in [1.807, 2.05) is 19.9 Å². The van der Waals surface area contributed by atoms with Crippen LogP contribution in [0.5, 0.6) is 11.5 Å². The SMILES string of the molecule is CCCCCc1cc(O)c2c(c1)OC(C)(C)c1cn[nH]c1-2. The number of H-pyrrole nitrogens is 1. The Bertz CT molecular complexity index is 659. The van der Waals surface area contributed by atoms with Crippen LogP contribution in [-0.2, 0) is 12.0 Å². The second kappa shape index (κ2) is 5.10. The lowest BCUT2D eigenvalue weighted by molar-refractivity contribution is 0.105. The molecule has 1 aromatic heterocycles. The van der Waals surface area contributed by atoms with Crippen LogP contribution in [0.2, 0.25) is 0 Å². The Balaban J connectivity index is 2.02. The van der Waals surface area contributed by atoms with Gasteiger partial charge >= 0.3 is 0 Å². The highest BCUT2D eigenvalue weighted by molar-refractivity contribution is 5.79. The van der Waals surface area contributed by atoms with Crippen molar-refractivity contribution in [2.24, 2.45) is 0 Å². The molecule has 3 rings (SSSR count). The van der Waals surface area contributed by atoms with Gasteiger partial charge in [-0.05, 0) is 44.4 Å². The molecule has 1 aliphatic rings. The summed E-state index contributed by atoms with van der Waals surface area (Å²) in [5, 5.41) is 17.5. The molecule has 2 aromatic rings. The summed E-state index contributed by atoms with van der Waals surface area (Å²) in [6.45, 7) is 6.23. The zero-order valence-electron chi connectivity index (χ0n) is 12.9. The summed E-state index contributed by atoms with van der Waals surface area (Å²) in [7, 11) is 0. The lowest BCUT2D eigenvalue weighted by Crippen LogP contribution is -2.28. The Kier molecular flexibility index (Phi) is 3.40. The molecule has 0 bridgehead atoms. The van der Waals surface area contributed by atoms with Crippen LogP contribution in [-0.4, -0.2) is 15.3 Å². The second-order valence-corrected chi connectivity index (χ2v) is 6.22. The van der Waals surface area contributed by atoms with E-state index < -0.39 is 5.60 Å². The van der Waals surface area contributed by atoms with E-state index in [1.54, 1.807) is 6.20 Å². The fraction of sp³-hybridized carbons (Fsp3) is 0.471. The number of aromatic amines is 1. The van der Waals surface area contributed by atoms with E-state index in [2.05, 4.69) is 23.2 Å². The molecule has 0 unspecified atom stereocenters. The van der Waals surface area contributed by atoms with Crippen LogP contribution in [0.3, 0.4) is 0 Å². The molecule has 2 heterocycles. The number of phenols is 1. The van der Waals surface area contributed by atoms with Crippen molar-refractivity contribution in [1.29, 1.82) is 0 Å². The summed E-state index contributed by atoms with van der Waals surface area (Å²) in [6.07, 6.45) is 6.27. The Labute approximate surface area is 125 Å². The third kappa shape index (κ3) is 2.39. The Morgan fingerprint density at radius 1 is 1.29 bits per heavy atom. The molecule has 112 valence electrons. The zero-order chi connectivity index (χ0) is 15.0. The number of ether oxygens (including phenoxy) is 1. The molecule has 0 saturated carbocycles. The van der Waals surface area contributed by atoms with Crippen molar-refractivity contribution < 1.29 is 9.84 Å². The molecule has 0 amide bonds. The third-order valence-corrected chi connectivity index (χ3v) is 4.11. The highest BCUT2D eigenvalue weighted by Gasteiger charge is 2.35. The zero-order valence-corrected chi connectivity index (χ0v) is 12.9. The van der Waals surface area contributed by atoms with Gasteiger partial charge in [-0.3, -0.25) is 5.10 Å². The van der Waals surface area contributed by atoms with Gasteiger partial charge in [-0.15, -0.1) is 0 Å². The van der Waals surface area contributed by atoms with E-state index in [0.29, 0.717) is 0 Å². The number of nitrogens with zero attached hydrogens (tertiary/aromatic N) is 1. The lowest BCUT2D eigenvalue weighted by atomic mass is 9.90. The summed E-state index contributed by atoms with van der Waals surface area (Å²) < 4.78 is 6.11. The molecule has 0 saturated heterocycles. The summed E-state index contributed by atoms with van der Waals surface area (Å²) >= 11 is 0. The maximum atomic E-state index is 10.4. The molecule has 0 radical (unpaired) electrons. The van der Waals surface area contributed by atoms with Crippen molar-refractivity contribution >= 4 is 0 Å². The van der Waals surface area contributed by atoms with Crippen molar-refractivity contribution in [3.8, 4) is 22.8 Å². The maximum absolute atomic E-state index is 10.4. The first kappa shape index (κ1) is 14.0. The van der Waals surface area contributed by atoms with Crippen LogP contribution in [0.25, 0.3) is 11.3 Å². The summed E-state index contributed by atoms with van der Waals surface area (Å²) in [5.41, 5.74) is 3.24. The Morgan fingerprint density at radius 3 is 2.86 bits per heavy atom. The van der Waals surface area contributed by atoms with Gasteiger partial charge in [0.2, 0.25) is 0 Å². The molecule has 4 heteroatoms. The molecule has 1 aliphatic heterocycles. The molecular weight excluding hydrogens is 264 g/mol. The summed E-state index contributed by atoms with van der Waals surface area (Å²) in [6, 6.07) is 3.90.